The maximum Gasteiger partial charge on any atom is 0.338 e. The maximum absolute atomic E-state index is 11.8. The molecule has 1 aromatic carbocycles. The molecule has 0 saturated heterocycles. The highest BCUT2D eigenvalue weighted by Gasteiger charge is 2.18. The zero-order valence-electron chi connectivity index (χ0n) is 11.2. The van der Waals surface area contributed by atoms with Crippen LogP contribution in [0.1, 0.15) is 10.4 Å². The van der Waals surface area contributed by atoms with Gasteiger partial charge in [-0.1, -0.05) is 0 Å². The molecule has 0 heterocycles. The average molecular weight is 402 g/mol. The van der Waals surface area contributed by atoms with E-state index in [1.165, 1.54) is 12.1 Å². The molecule has 118 valence electrons. The van der Waals surface area contributed by atoms with Gasteiger partial charge in [-0.3, -0.25) is 0 Å². The lowest BCUT2D eigenvalue weighted by Gasteiger charge is -2.07. The van der Waals surface area contributed by atoms with E-state index >= 15 is 0 Å². The largest absolute Gasteiger partial charge is 0.460 e. The molecule has 9 heteroatoms. The Bertz CT molecular complexity index is 589. The van der Waals surface area contributed by atoms with E-state index in [9.17, 15) is 13.2 Å². The zero-order chi connectivity index (χ0) is 15.9. The average Bonchev–Trinajstić information content (AvgIpc) is 2.41. The first-order valence-electron chi connectivity index (χ1n) is 5.84. The number of methoxy groups -OCH3 is 1. The molecule has 0 aliphatic heterocycles. The Morgan fingerprint density at radius 2 is 1.90 bits per heavy atom. The third-order valence-electron chi connectivity index (χ3n) is 2.32. The standard InChI is InChI=1S/C12H14BrClO6S/c1-18-4-5-19-6-7-20-12(15)9-2-3-10(13)11(8-9)21(14,16)17/h2-3,8H,4-7H2,1H3. The van der Waals surface area contributed by atoms with E-state index in [1.54, 1.807) is 7.11 Å². The molecule has 0 radical (unpaired) electrons. The predicted octanol–water partition coefficient (Wildman–Crippen LogP) is 2.20. The van der Waals surface area contributed by atoms with Gasteiger partial charge in [-0.05, 0) is 34.1 Å². The van der Waals surface area contributed by atoms with Crippen LogP contribution in [0.4, 0.5) is 0 Å². The molecule has 0 aromatic heterocycles. The van der Waals surface area contributed by atoms with Crippen molar-refractivity contribution in [1.82, 2.24) is 0 Å². The first-order chi connectivity index (χ1) is 9.86. The van der Waals surface area contributed by atoms with Crippen molar-refractivity contribution in [3.63, 3.8) is 0 Å². The fourth-order valence-corrected chi connectivity index (χ4v) is 3.46. The third-order valence-corrected chi connectivity index (χ3v) is 4.64. The van der Waals surface area contributed by atoms with Crippen LogP contribution in [0.5, 0.6) is 0 Å². The molecule has 0 bridgehead atoms. The highest BCUT2D eigenvalue weighted by molar-refractivity contribution is 9.10. The lowest BCUT2D eigenvalue weighted by molar-refractivity contribution is 0.0213. The molecule has 1 rings (SSSR count). The van der Waals surface area contributed by atoms with Crippen LogP contribution in [-0.4, -0.2) is 47.9 Å². The summed E-state index contributed by atoms with van der Waals surface area (Å²) in [5.41, 5.74) is 0.0920. The number of halogens is 2. The molecule has 0 aliphatic rings. The van der Waals surface area contributed by atoms with E-state index in [0.29, 0.717) is 13.2 Å². The van der Waals surface area contributed by atoms with Gasteiger partial charge < -0.3 is 14.2 Å². The Kier molecular flexibility index (Phi) is 7.61. The molecule has 0 fully saturated rings. The lowest BCUT2D eigenvalue weighted by Crippen LogP contribution is -2.13. The molecule has 0 unspecified atom stereocenters. The fraction of sp³-hybridized carbons (Fsp3) is 0.417. The van der Waals surface area contributed by atoms with Gasteiger partial charge >= 0.3 is 5.97 Å². The second kappa shape index (κ2) is 8.70. The highest BCUT2D eigenvalue weighted by atomic mass is 79.9. The quantitative estimate of drug-likeness (QED) is 0.377. The summed E-state index contributed by atoms with van der Waals surface area (Å²) in [5, 5.41) is 0. The van der Waals surface area contributed by atoms with Crippen molar-refractivity contribution in [1.29, 1.82) is 0 Å². The van der Waals surface area contributed by atoms with Crippen LogP contribution in [0, 0.1) is 0 Å². The number of carbonyl (C=O) groups is 1. The van der Waals surface area contributed by atoms with Crippen LogP contribution in [0.2, 0.25) is 0 Å². The second-order valence-electron chi connectivity index (χ2n) is 3.82. The van der Waals surface area contributed by atoms with Crippen LogP contribution >= 0.6 is 26.6 Å². The summed E-state index contributed by atoms with van der Waals surface area (Å²) in [6, 6.07) is 4.01. The van der Waals surface area contributed by atoms with Gasteiger partial charge in [0.25, 0.3) is 9.05 Å². The van der Waals surface area contributed by atoms with Crippen molar-refractivity contribution >= 4 is 41.6 Å². The Morgan fingerprint density at radius 3 is 2.52 bits per heavy atom. The molecule has 1 aromatic rings. The summed E-state index contributed by atoms with van der Waals surface area (Å²) in [6.45, 7) is 1.15. The summed E-state index contributed by atoms with van der Waals surface area (Å²) in [7, 11) is 2.88. The number of esters is 1. The van der Waals surface area contributed by atoms with Crippen molar-refractivity contribution in [3.05, 3.63) is 28.2 Å². The SMILES string of the molecule is COCCOCCOC(=O)c1ccc(Br)c(S(=O)(=O)Cl)c1. The minimum absolute atomic E-state index is 0.0571. The van der Waals surface area contributed by atoms with Crippen molar-refractivity contribution in [2.75, 3.05) is 33.5 Å². The topological polar surface area (TPSA) is 78.9 Å². The van der Waals surface area contributed by atoms with Crippen LogP contribution in [0.3, 0.4) is 0 Å². The minimum Gasteiger partial charge on any atom is -0.460 e. The summed E-state index contributed by atoms with van der Waals surface area (Å²) in [5.74, 6) is -0.653. The molecule has 6 nitrogen and oxygen atoms in total. The number of hydrogen-bond donors (Lipinski definition) is 0. The number of ether oxygens (including phenoxy) is 3. The Hall–Kier alpha value is -0.670. The van der Waals surface area contributed by atoms with E-state index < -0.39 is 15.0 Å². The number of benzene rings is 1. The monoisotopic (exact) mass is 400 g/mol. The van der Waals surface area contributed by atoms with Gasteiger partial charge in [0.05, 0.1) is 30.3 Å². The van der Waals surface area contributed by atoms with E-state index in [1.807, 2.05) is 0 Å². The summed E-state index contributed by atoms with van der Waals surface area (Å²) >= 11 is 3.06. The van der Waals surface area contributed by atoms with Gasteiger partial charge in [-0.15, -0.1) is 0 Å². The van der Waals surface area contributed by atoms with Gasteiger partial charge in [-0.25, -0.2) is 13.2 Å². The van der Waals surface area contributed by atoms with E-state index in [-0.39, 0.29) is 28.1 Å². The molecule has 0 saturated carbocycles. The van der Waals surface area contributed by atoms with Crippen LogP contribution in [0.15, 0.2) is 27.6 Å². The second-order valence-corrected chi connectivity index (χ2v) is 7.21. The number of rotatable bonds is 8. The molecule has 21 heavy (non-hydrogen) atoms. The Morgan fingerprint density at radius 1 is 1.24 bits per heavy atom. The van der Waals surface area contributed by atoms with E-state index in [0.717, 1.165) is 6.07 Å². The van der Waals surface area contributed by atoms with Crippen LogP contribution in [-0.2, 0) is 23.3 Å². The van der Waals surface area contributed by atoms with Crippen molar-refractivity contribution in [2.45, 2.75) is 4.90 Å². The molecule has 0 N–H and O–H groups in total. The minimum atomic E-state index is -3.95. The van der Waals surface area contributed by atoms with E-state index in [2.05, 4.69) is 15.9 Å². The van der Waals surface area contributed by atoms with Crippen molar-refractivity contribution in [3.8, 4) is 0 Å². The highest BCUT2D eigenvalue weighted by Crippen LogP contribution is 2.26. The maximum atomic E-state index is 11.8. The molecule has 0 spiro atoms. The predicted molar refractivity (Wildman–Crippen MR) is 80.2 cm³/mol. The molecular weight excluding hydrogens is 388 g/mol. The normalized spacial score (nSPS) is 11.4. The van der Waals surface area contributed by atoms with Gasteiger partial charge in [0.2, 0.25) is 0 Å². The smallest absolute Gasteiger partial charge is 0.338 e. The summed E-state index contributed by atoms with van der Waals surface area (Å²) in [4.78, 5) is 11.6. The number of carbonyl (C=O) groups excluding carboxylic acids is 1. The molecule has 0 aliphatic carbocycles. The van der Waals surface area contributed by atoms with Crippen LogP contribution < -0.4 is 0 Å². The summed E-state index contributed by atoms with van der Waals surface area (Å²) < 4.78 is 37.8. The van der Waals surface area contributed by atoms with Crippen molar-refractivity contribution < 1.29 is 27.4 Å². The van der Waals surface area contributed by atoms with E-state index in [4.69, 9.17) is 24.9 Å². The number of hydrogen-bond acceptors (Lipinski definition) is 6. The lowest BCUT2D eigenvalue weighted by atomic mass is 10.2. The molecule has 0 atom stereocenters. The zero-order valence-corrected chi connectivity index (χ0v) is 14.3. The van der Waals surface area contributed by atoms with Gasteiger partial charge in [0.15, 0.2) is 0 Å². The third kappa shape index (κ3) is 6.31. The summed E-state index contributed by atoms with van der Waals surface area (Å²) in [6.07, 6.45) is 0. The fourth-order valence-electron chi connectivity index (χ4n) is 1.34. The van der Waals surface area contributed by atoms with Crippen molar-refractivity contribution in [2.24, 2.45) is 0 Å². The first kappa shape index (κ1) is 18.4. The van der Waals surface area contributed by atoms with Crippen LogP contribution in [0.25, 0.3) is 0 Å². The van der Waals surface area contributed by atoms with Gasteiger partial charge in [-0.2, -0.15) is 0 Å². The Labute approximate surface area is 135 Å². The Balaban J connectivity index is 2.59. The first-order valence-corrected chi connectivity index (χ1v) is 8.94. The molecule has 0 amide bonds. The van der Waals surface area contributed by atoms with Gasteiger partial charge in [0.1, 0.15) is 6.61 Å². The molecular formula is C12H14BrClO6S. The van der Waals surface area contributed by atoms with Gasteiger partial charge in [0, 0.05) is 22.3 Å².